The first kappa shape index (κ1) is 27.3. The predicted octanol–water partition coefficient (Wildman–Crippen LogP) is 3.77. The summed E-state index contributed by atoms with van der Waals surface area (Å²) in [4.78, 5) is 23.3. The van der Waals surface area contributed by atoms with Crippen molar-refractivity contribution < 1.29 is 19.8 Å². The molecule has 0 aliphatic rings. The van der Waals surface area contributed by atoms with E-state index < -0.39 is 0 Å². The molecule has 6 heteroatoms. The minimum Gasteiger partial charge on any atom is -0.396 e. The highest BCUT2D eigenvalue weighted by Gasteiger charge is 2.04. The Labute approximate surface area is 192 Å². The number of amides is 2. The molecule has 0 saturated heterocycles. The molecule has 6 nitrogen and oxygen atoms in total. The number of carbonyl (C=O) groups excluding carboxylic acids is 2. The van der Waals surface area contributed by atoms with Crippen molar-refractivity contribution >= 4 is 11.8 Å². The molecule has 0 spiro atoms. The summed E-state index contributed by atoms with van der Waals surface area (Å²) in [5.41, 5.74) is 3.71. The van der Waals surface area contributed by atoms with E-state index in [1.165, 1.54) is 0 Å². The molecule has 32 heavy (non-hydrogen) atoms. The molecule has 0 fully saturated rings. The van der Waals surface area contributed by atoms with Crippen molar-refractivity contribution in [1.82, 2.24) is 10.6 Å². The van der Waals surface area contributed by atoms with Crippen molar-refractivity contribution in [2.45, 2.75) is 52.4 Å². The number of benzene rings is 2. The Hall–Kier alpha value is -2.70. The summed E-state index contributed by atoms with van der Waals surface area (Å²) >= 11 is 0. The SMILES string of the molecule is Cc1ccc(C(=O)NCCCCCO)cc1.Cc1ccc(C(=O)NCCCCCO)cc1. The second-order valence-electron chi connectivity index (χ2n) is 7.81. The highest BCUT2D eigenvalue weighted by Crippen LogP contribution is 2.04. The van der Waals surface area contributed by atoms with Crippen molar-refractivity contribution in [2.75, 3.05) is 26.3 Å². The van der Waals surface area contributed by atoms with E-state index in [9.17, 15) is 9.59 Å². The first-order valence-electron chi connectivity index (χ1n) is 11.4. The van der Waals surface area contributed by atoms with E-state index in [1.54, 1.807) is 0 Å². The lowest BCUT2D eigenvalue weighted by Gasteiger charge is -2.05. The van der Waals surface area contributed by atoms with Crippen LogP contribution in [0.3, 0.4) is 0 Å². The number of hydrogen-bond donors (Lipinski definition) is 4. The van der Waals surface area contributed by atoms with Gasteiger partial charge in [-0.05, 0) is 76.6 Å². The highest BCUT2D eigenvalue weighted by molar-refractivity contribution is 5.94. The van der Waals surface area contributed by atoms with Gasteiger partial charge in [0.05, 0.1) is 0 Å². The van der Waals surface area contributed by atoms with Gasteiger partial charge in [0.1, 0.15) is 0 Å². The van der Waals surface area contributed by atoms with Gasteiger partial charge in [0.25, 0.3) is 11.8 Å². The fourth-order valence-corrected chi connectivity index (χ4v) is 2.84. The Morgan fingerprint density at radius 1 is 0.594 bits per heavy atom. The quantitative estimate of drug-likeness (QED) is 0.376. The van der Waals surface area contributed by atoms with Gasteiger partial charge < -0.3 is 20.8 Å². The number of hydrogen-bond acceptors (Lipinski definition) is 4. The van der Waals surface area contributed by atoms with Crippen LogP contribution in [-0.4, -0.2) is 48.3 Å². The molecule has 0 aliphatic heterocycles. The number of aliphatic hydroxyl groups excluding tert-OH is 2. The van der Waals surface area contributed by atoms with Gasteiger partial charge in [-0.1, -0.05) is 35.4 Å². The number of unbranched alkanes of at least 4 members (excludes halogenated alkanes) is 4. The molecule has 4 N–H and O–H groups in total. The molecule has 0 aliphatic carbocycles. The van der Waals surface area contributed by atoms with Crippen LogP contribution in [0.15, 0.2) is 48.5 Å². The predicted molar refractivity (Wildman–Crippen MR) is 129 cm³/mol. The van der Waals surface area contributed by atoms with E-state index >= 15 is 0 Å². The van der Waals surface area contributed by atoms with Crippen molar-refractivity contribution in [1.29, 1.82) is 0 Å². The minimum atomic E-state index is -0.0241. The summed E-state index contributed by atoms with van der Waals surface area (Å²) in [6.45, 7) is 5.80. The second kappa shape index (κ2) is 16.9. The molecular weight excluding hydrogens is 404 g/mol. The maximum absolute atomic E-state index is 11.6. The molecule has 0 bridgehead atoms. The van der Waals surface area contributed by atoms with Crippen molar-refractivity contribution in [2.24, 2.45) is 0 Å². The lowest BCUT2D eigenvalue weighted by Crippen LogP contribution is -2.24. The summed E-state index contributed by atoms with van der Waals surface area (Å²) in [5.74, 6) is -0.0482. The summed E-state index contributed by atoms with van der Waals surface area (Å²) in [7, 11) is 0. The van der Waals surface area contributed by atoms with Crippen LogP contribution in [0, 0.1) is 13.8 Å². The topological polar surface area (TPSA) is 98.7 Å². The monoisotopic (exact) mass is 442 g/mol. The van der Waals surface area contributed by atoms with Gasteiger partial charge in [0.2, 0.25) is 0 Å². The van der Waals surface area contributed by atoms with E-state index in [0.29, 0.717) is 24.2 Å². The molecule has 0 aromatic heterocycles. The van der Waals surface area contributed by atoms with Crippen molar-refractivity contribution in [3.05, 3.63) is 70.8 Å². The van der Waals surface area contributed by atoms with Crippen LogP contribution in [0.2, 0.25) is 0 Å². The third-order valence-corrected chi connectivity index (χ3v) is 4.87. The van der Waals surface area contributed by atoms with Crippen LogP contribution in [0.4, 0.5) is 0 Å². The lowest BCUT2D eigenvalue weighted by molar-refractivity contribution is 0.0944. The van der Waals surface area contributed by atoms with E-state index in [-0.39, 0.29) is 25.0 Å². The third kappa shape index (κ3) is 12.2. The van der Waals surface area contributed by atoms with E-state index in [4.69, 9.17) is 10.2 Å². The summed E-state index contributed by atoms with van der Waals surface area (Å²) in [6, 6.07) is 15.1. The summed E-state index contributed by atoms with van der Waals surface area (Å²) < 4.78 is 0. The molecule has 2 rings (SSSR count). The third-order valence-electron chi connectivity index (χ3n) is 4.87. The molecule has 0 radical (unpaired) electrons. The molecule has 176 valence electrons. The Kier molecular flexibility index (Phi) is 14.5. The Bertz CT molecular complexity index is 706. The number of carbonyl (C=O) groups is 2. The van der Waals surface area contributed by atoms with Gasteiger partial charge >= 0.3 is 0 Å². The second-order valence-corrected chi connectivity index (χ2v) is 7.81. The normalized spacial score (nSPS) is 10.1. The van der Waals surface area contributed by atoms with Crippen LogP contribution >= 0.6 is 0 Å². The van der Waals surface area contributed by atoms with Crippen molar-refractivity contribution in [3.63, 3.8) is 0 Å². The fourth-order valence-electron chi connectivity index (χ4n) is 2.84. The molecule has 2 amide bonds. The first-order valence-corrected chi connectivity index (χ1v) is 11.4. The van der Waals surface area contributed by atoms with Crippen molar-refractivity contribution in [3.8, 4) is 0 Å². The molecule has 0 heterocycles. The van der Waals surface area contributed by atoms with Crippen LogP contribution in [0.1, 0.15) is 70.4 Å². The van der Waals surface area contributed by atoms with Gasteiger partial charge in [0.15, 0.2) is 0 Å². The number of rotatable bonds is 12. The zero-order chi connectivity index (χ0) is 23.6. The first-order chi connectivity index (χ1) is 15.5. The van der Waals surface area contributed by atoms with Crippen LogP contribution in [0.5, 0.6) is 0 Å². The lowest BCUT2D eigenvalue weighted by atomic mass is 10.1. The summed E-state index contributed by atoms with van der Waals surface area (Å²) in [6.07, 6.45) is 5.34. The molecular formula is C26H38N2O4. The number of aliphatic hydroxyl groups is 2. The zero-order valence-electron chi connectivity index (χ0n) is 19.4. The number of aryl methyl sites for hydroxylation is 2. The smallest absolute Gasteiger partial charge is 0.251 e. The minimum absolute atomic E-state index is 0.0241. The fraction of sp³-hybridized carbons (Fsp3) is 0.462. The Balaban J connectivity index is 0.000000320. The van der Waals surface area contributed by atoms with E-state index in [1.807, 2.05) is 62.4 Å². The van der Waals surface area contributed by atoms with E-state index in [2.05, 4.69) is 10.6 Å². The van der Waals surface area contributed by atoms with Gasteiger partial charge in [-0.3, -0.25) is 9.59 Å². The van der Waals surface area contributed by atoms with Gasteiger partial charge in [0, 0.05) is 37.4 Å². The van der Waals surface area contributed by atoms with Crippen LogP contribution < -0.4 is 10.6 Å². The Morgan fingerprint density at radius 3 is 1.25 bits per heavy atom. The average Bonchev–Trinajstić information content (AvgIpc) is 2.80. The molecule has 2 aromatic rings. The average molecular weight is 443 g/mol. The molecule has 0 saturated carbocycles. The standard InChI is InChI=1S/2C13H19NO2/c2*1-11-5-7-12(8-6-11)13(16)14-9-3-2-4-10-15/h2*5-8,15H,2-4,9-10H2,1H3,(H,14,16). The van der Waals surface area contributed by atoms with Crippen LogP contribution in [0.25, 0.3) is 0 Å². The maximum atomic E-state index is 11.6. The van der Waals surface area contributed by atoms with E-state index in [0.717, 1.165) is 49.7 Å². The molecule has 0 atom stereocenters. The zero-order valence-corrected chi connectivity index (χ0v) is 19.4. The van der Waals surface area contributed by atoms with Gasteiger partial charge in [-0.2, -0.15) is 0 Å². The van der Waals surface area contributed by atoms with Gasteiger partial charge in [-0.15, -0.1) is 0 Å². The Morgan fingerprint density at radius 2 is 0.938 bits per heavy atom. The maximum Gasteiger partial charge on any atom is 0.251 e. The highest BCUT2D eigenvalue weighted by atomic mass is 16.3. The van der Waals surface area contributed by atoms with Crippen LogP contribution in [-0.2, 0) is 0 Å². The largest absolute Gasteiger partial charge is 0.396 e. The van der Waals surface area contributed by atoms with Gasteiger partial charge in [-0.25, -0.2) is 0 Å². The molecule has 0 unspecified atom stereocenters. The molecule has 2 aromatic carbocycles. The number of nitrogens with one attached hydrogen (secondary N) is 2. The summed E-state index contributed by atoms with van der Waals surface area (Å²) in [5, 5.41) is 22.9.